The number of carbonyl (C=O) groups is 1. The number of benzene rings is 4. The van der Waals surface area contributed by atoms with Crippen LogP contribution in [0.1, 0.15) is 35.2 Å². The second-order valence-electron chi connectivity index (χ2n) is 10.1. The van der Waals surface area contributed by atoms with E-state index in [0.29, 0.717) is 47.5 Å². The fourth-order valence-electron chi connectivity index (χ4n) is 5.05. The number of halogens is 3. The van der Waals surface area contributed by atoms with Crippen molar-refractivity contribution < 1.29 is 23.0 Å². The third kappa shape index (κ3) is 6.29. The summed E-state index contributed by atoms with van der Waals surface area (Å²) in [5.74, 6) is -0.887. The molecule has 1 aliphatic rings. The van der Waals surface area contributed by atoms with E-state index in [0.717, 1.165) is 0 Å². The lowest BCUT2D eigenvalue weighted by atomic mass is 9.93. The van der Waals surface area contributed by atoms with Gasteiger partial charge in [-0.2, -0.15) is 0 Å². The molecule has 0 unspecified atom stereocenters. The molecule has 0 amide bonds. The van der Waals surface area contributed by atoms with E-state index >= 15 is 0 Å². The monoisotopic (exact) mass is 686 g/mol. The fraction of sp³-hybridized carbons (Fsp3) is 0.114. The molecule has 1 aromatic heterocycles. The summed E-state index contributed by atoms with van der Waals surface area (Å²) in [4.78, 5) is 32.8. The summed E-state index contributed by atoms with van der Waals surface area (Å²) in [6.45, 7) is 1.89. The predicted octanol–water partition coefficient (Wildman–Crippen LogP) is 6.56. The van der Waals surface area contributed by atoms with Crippen LogP contribution in [0.3, 0.4) is 0 Å². The van der Waals surface area contributed by atoms with Crippen LogP contribution in [-0.2, 0) is 16.1 Å². The maximum atomic E-state index is 14.0. The lowest BCUT2D eigenvalue weighted by Crippen LogP contribution is -2.40. The lowest BCUT2D eigenvalue weighted by Gasteiger charge is -2.25. The number of esters is 1. The van der Waals surface area contributed by atoms with Gasteiger partial charge in [0.1, 0.15) is 24.0 Å². The number of hydrogen-bond acceptors (Lipinski definition) is 6. The zero-order valence-corrected chi connectivity index (χ0v) is 26.3. The molecule has 0 spiro atoms. The molecule has 0 aliphatic carbocycles. The van der Waals surface area contributed by atoms with Gasteiger partial charge in [-0.3, -0.25) is 9.36 Å². The Bertz CT molecular complexity index is 2110. The molecule has 6 rings (SSSR count). The van der Waals surface area contributed by atoms with Crippen LogP contribution in [0.2, 0.25) is 0 Å². The summed E-state index contributed by atoms with van der Waals surface area (Å²) in [6.07, 6.45) is 1.73. The molecule has 5 aromatic rings. The van der Waals surface area contributed by atoms with Gasteiger partial charge in [0.05, 0.1) is 32.9 Å². The molecule has 2 heterocycles. The predicted molar refractivity (Wildman–Crippen MR) is 172 cm³/mol. The molecule has 226 valence electrons. The lowest BCUT2D eigenvalue weighted by molar-refractivity contribution is -0.138. The molecule has 45 heavy (non-hydrogen) atoms. The van der Waals surface area contributed by atoms with Crippen molar-refractivity contribution in [3.63, 3.8) is 0 Å². The van der Waals surface area contributed by atoms with E-state index in [4.69, 9.17) is 14.5 Å². The third-order valence-electron chi connectivity index (χ3n) is 7.15. The van der Waals surface area contributed by atoms with Crippen LogP contribution in [0.25, 0.3) is 11.8 Å². The smallest absolute Gasteiger partial charge is 0.338 e. The van der Waals surface area contributed by atoms with E-state index in [1.54, 1.807) is 61.5 Å². The summed E-state index contributed by atoms with van der Waals surface area (Å²) in [6, 6.07) is 25.7. The number of nitrogens with zero attached hydrogens (tertiary/aromatic N) is 2. The molecule has 0 radical (unpaired) electrons. The van der Waals surface area contributed by atoms with Crippen molar-refractivity contribution >= 4 is 45.0 Å². The summed E-state index contributed by atoms with van der Waals surface area (Å²) in [5.41, 5.74) is 2.56. The minimum absolute atomic E-state index is 0.0547. The number of hydrogen-bond donors (Lipinski definition) is 0. The zero-order valence-electron chi connectivity index (χ0n) is 23.9. The van der Waals surface area contributed by atoms with Crippen molar-refractivity contribution in [1.29, 1.82) is 0 Å². The van der Waals surface area contributed by atoms with Gasteiger partial charge in [-0.05, 0) is 70.4 Å². The molecule has 0 N–H and O–H groups in total. The second-order valence-corrected chi connectivity index (χ2v) is 11.9. The van der Waals surface area contributed by atoms with Gasteiger partial charge in [0.2, 0.25) is 0 Å². The number of carbonyl (C=O) groups excluding carboxylic acids is 1. The van der Waals surface area contributed by atoms with Gasteiger partial charge in [0.15, 0.2) is 4.80 Å². The van der Waals surface area contributed by atoms with Gasteiger partial charge >= 0.3 is 5.97 Å². The number of thiazole rings is 1. The van der Waals surface area contributed by atoms with Crippen LogP contribution in [0.4, 0.5) is 8.78 Å². The normalized spacial score (nSPS) is 14.6. The Morgan fingerprint density at radius 3 is 2.44 bits per heavy atom. The van der Waals surface area contributed by atoms with Crippen LogP contribution in [-0.4, -0.2) is 17.1 Å². The largest absolute Gasteiger partial charge is 0.488 e. The molecule has 1 atom stereocenters. The SMILES string of the molecule is CCOC(=O)C1=C(c2ccccc2)N=c2s/c(=C\c3ccc(OCc4ccccc4F)c(Br)c3)c(=O)n2[C@@H]1c1ccc(F)cc1. The first-order valence-electron chi connectivity index (χ1n) is 14.0. The van der Waals surface area contributed by atoms with Crippen molar-refractivity contribution in [3.05, 3.63) is 161 Å². The minimum Gasteiger partial charge on any atom is -0.488 e. The Hall–Kier alpha value is -4.67. The van der Waals surface area contributed by atoms with E-state index in [9.17, 15) is 18.4 Å². The van der Waals surface area contributed by atoms with Gasteiger partial charge in [0, 0.05) is 11.1 Å². The highest BCUT2D eigenvalue weighted by Gasteiger charge is 2.35. The molecular weight excluding hydrogens is 662 g/mol. The maximum Gasteiger partial charge on any atom is 0.338 e. The van der Waals surface area contributed by atoms with Crippen molar-refractivity contribution in [3.8, 4) is 5.75 Å². The highest BCUT2D eigenvalue weighted by molar-refractivity contribution is 9.10. The Balaban J connectivity index is 1.46. The van der Waals surface area contributed by atoms with Crippen molar-refractivity contribution in [2.75, 3.05) is 6.61 Å². The number of rotatable bonds is 8. The van der Waals surface area contributed by atoms with Gasteiger partial charge in [-0.25, -0.2) is 18.6 Å². The number of aromatic nitrogens is 1. The van der Waals surface area contributed by atoms with E-state index in [-0.39, 0.29) is 30.2 Å². The molecular formula is C35H25BrF2N2O4S. The highest BCUT2D eigenvalue weighted by atomic mass is 79.9. The van der Waals surface area contributed by atoms with Crippen LogP contribution in [0, 0.1) is 11.6 Å². The Labute approximate surface area is 269 Å². The number of ether oxygens (including phenoxy) is 2. The average Bonchev–Trinajstić information content (AvgIpc) is 3.35. The number of fused-ring (bicyclic) bond motifs is 1. The van der Waals surface area contributed by atoms with Crippen molar-refractivity contribution in [1.82, 2.24) is 4.57 Å². The first-order valence-corrected chi connectivity index (χ1v) is 15.6. The highest BCUT2D eigenvalue weighted by Crippen LogP contribution is 2.35. The van der Waals surface area contributed by atoms with Gasteiger partial charge in [-0.1, -0.05) is 78.1 Å². The molecule has 4 aromatic carbocycles. The molecule has 0 saturated carbocycles. The van der Waals surface area contributed by atoms with Crippen LogP contribution < -0.4 is 19.6 Å². The van der Waals surface area contributed by atoms with Crippen molar-refractivity contribution in [2.24, 2.45) is 4.99 Å². The van der Waals surface area contributed by atoms with E-state index in [1.165, 1.54) is 34.1 Å². The molecule has 1 aliphatic heterocycles. The first kappa shape index (κ1) is 30.4. The molecule has 0 saturated heterocycles. The zero-order chi connectivity index (χ0) is 31.5. The van der Waals surface area contributed by atoms with Crippen molar-refractivity contribution in [2.45, 2.75) is 19.6 Å². The van der Waals surface area contributed by atoms with Gasteiger partial charge in [-0.15, -0.1) is 0 Å². The van der Waals surface area contributed by atoms with E-state index in [1.807, 2.05) is 30.3 Å². The summed E-state index contributed by atoms with van der Waals surface area (Å²) < 4.78 is 41.8. The Kier molecular flexibility index (Phi) is 8.86. The van der Waals surface area contributed by atoms with E-state index in [2.05, 4.69) is 15.9 Å². The average molecular weight is 688 g/mol. The molecule has 0 fully saturated rings. The third-order valence-corrected chi connectivity index (χ3v) is 8.76. The molecule has 10 heteroatoms. The minimum atomic E-state index is -0.904. The van der Waals surface area contributed by atoms with Crippen LogP contribution >= 0.6 is 27.3 Å². The first-order chi connectivity index (χ1) is 21.8. The van der Waals surface area contributed by atoms with E-state index < -0.39 is 17.8 Å². The maximum absolute atomic E-state index is 14.0. The topological polar surface area (TPSA) is 69.9 Å². The molecule has 0 bridgehead atoms. The second kappa shape index (κ2) is 13.1. The summed E-state index contributed by atoms with van der Waals surface area (Å²) >= 11 is 4.70. The van der Waals surface area contributed by atoms with Crippen LogP contribution in [0.15, 0.2) is 117 Å². The summed E-state index contributed by atoms with van der Waals surface area (Å²) in [5, 5.41) is 0. The Morgan fingerprint density at radius 1 is 1.00 bits per heavy atom. The van der Waals surface area contributed by atoms with Crippen LogP contribution in [0.5, 0.6) is 5.75 Å². The molecule has 6 nitrogen and oxygen atoms in total. The summed E-state index contributed by atoms with van der Waals surface area (Å²) in [7, 11) is 0. The standard InChI is InChI=1S/C35H25BrF2N2O4S/c1-2-43-34(42)30-31(22-8-4-3-5-9-22)39-35-40(32(30)23-13-15-25(37)16-14-23)33(41)29(45-35)19-21-12-17-28(26(36)18-21)44-20-24-10-6-7-11-27(24)38/h3-19,32H,2,20H2,1H3/b29-19-/t32-/m1/s1. The Morgan fingerprint density at radius 2 is 1.73 bits per heavy atom. The quantitative estimate of drug-likeness (QED) is 0.174. The fourth-order valence-corrected chi connectivity index (χ4v) is 6.56. The van der Waals surface area contributed by atoms with Gasteiger partial charge in [0.25, 0.3) is 5.56 Å². The van der Waals surface area contributed by atoms with Gasteiger partial charge < -0.3 is 9.47 Å².